The zero-order valence-corrected chi connectivity index (χ0v) is 15.0. The van der Waals surface area contributed by atoms with Crippen LogP contribution in [0.15, 0.2) is 59.9 Å². The molecule has 1 amide bonds. The summed E-state index contributed by atoms with van der Waals surface area (Å²) in [6.45, 7) is 1.75. The molecule has 7 nitrogen and oxygen atoms in total. The maximum absolute atomic E-state index is 10.9. The molecule has 1 aromatic carbocycles. The van der Waals surface area contributed by atoms with Crippen LogP contribution in [0, 0.1) is 0 Å². The number of piperidine rings is 1. The SMILES string of the molecule is O=C(O)N1CCC(OCCON=C(c2ccccc2)c2ccccn2)CC1. The van der Waals surface area contributed by atoms with E-state index >= 15 is 0 Å². The third-order valence-corrected chi connectivity index (χ3v) is 4.35. The van der Waals surface area contributed by atoms with Gasteiger partial charge in [-0.3, -0.25) is 4.98 Å². The van der Waals surface area contributed by atoms with Gasteiger partial charge in [0, 0.05) is 24.8 Å². The quantitative estimate of drug-likeness (QED) is 0.461. The number of nitrogens with zero attached hydrogens (tertiary/aromatic N) is 3. The third kappa shape index (κ3) is 5.52. The molecule has 0 aliphatic carbocycles. The molecule has 7 heteroatoms. The molecule has 27 heavy (non-hydrogen) atoms. The first-order valence-electron chi connectivity index (χ1n) is 9.00. The Labute approximate surface area is 158 Å². The van der Waals surface area contributed by atoms with Gasteiger partial charge in [0.05, 0.1) is 18.4 Å². The highest BCUT2D eigenvalue weighted by Gasteiger charge is 2.22. The minimum atomic E-state index is -0.867. The summed E-state index contributed by atoms with van der Waals surface area (Å²) >= 11 is 0. The van der Waals surface area contributed by atoms with Crippen molar-refractivity contribution < 1.29 is 19.5 Å². The van der Waals surface area contributed by atoms with E-state index in [1.165, 1.54) is 4.90 Å². The third-order valence-electron chi connectivity index (χ3n) is 4.35. The molecular formula is C20H23N3O4. The number of rotatable bonds is 7. The molecule has 1 N–H and O–H groups in total. The van der Waals surface area contributed by atoms with Gasteiger partial charge in [-0.05, 0) is 25.0 Å². The lowest BCUT2D eigenvalue weighted by Crippen LogP contribution is -2.40. The number of carboxylic acid groups (broad SMARTS) is 1. The molecule has 1 saturated heterocycles. The molecule has 3 rings (SSSR count). The van der Waals surface area contributed by atoms with Crippen molar-refractivity contribution in [1.29, 1.82) is 0 Å². The number of ether oxygens (including phenoxy) is 1. The Morgan fingerprint density at radius 1 is 1.11 bits per heavy atom. The number of aromatic nitrogens is 1. The second-order valence-electron chi connectivity index (χ2n) is 6.19. The minimum absolute atomic E-state index is 0.0672. The lowest BCUT2D eigenvalue weighted by atomic mass is 10.1. The zero-order chi connectivity index (χ0) is 18.9. The van der Waals surface area contributed by atoms with E-state index < -0.39 is 6.09 Å². The summed E-state index contributed by atoms with van der Waals surface area (Å²) in [5.74, 6) is 0. The van der Waals surface area contributed by atoms with Gasteiger partial charge in [0.15, 0.2) is 0 Å². The van der Waals surface area contributed by atoms with Crippen LogP contribution in [0.3, 0.4) is 0 Å². The van der Waals surface area contributed by atoms with Crippen molar-refractivity contribution in [2.45, 2.75) is 18.9 Å². The average molecular weight is 369 g/mol. The van der Waals surface area contributed by atoms with Gasteiger partial charge in [-0.1, -0.05) is 41.6 Å². The summed E-state index contributed by atoms with van der Waals surface area (Å²) in [6.07, 6.45) is 2.34. The topological polar surface area (TPSA) is 84.2 Å². The highest BCUT2D eigenvalue weighted by molar-refractivity contribution is 6.11. The average Bonchev–Trinajstić information content (AvgIpc) is 2.72. The number of pyridine rings is 1. The molecule has 0 radical (unpaired) electrons. The molecule has 142 valence electrons. The normalized spacial score (nSPS) is 15.6. The lowest BCUT2D eigenvalue weighted by Gasteiger charge is -2.29. The molecule has 1 aromatic heterocycles. The Morgan fingerprint density at radius 2 is 1.85 bits per heavy atom. The summed E-state index contributed by atoms with van der Waals surface area (Å²) in [4.78, 5) is 22.1. The fourth-order valence-corrected chi connectivity index (χ4v) is 2.92. The summed E-state index contributed by atoms with van der Waals surface area (Å²) in [6, 6.07) is 15.4. The van der Waals surface area contributed by atoms with Gasteiger partial charge in [0.25, 0.3) is 0 Å². The summed E-state index contributed by atoms with van der Waals surface area (Å²) in [5, 5.41) is 13.2. The van der Waals surface area contributed by atoms with Crippen molar-refractivity contribution in [2.24, 2.45) is 5.16 Å². The fraction of sp³-hybridized carbons (Fsp3) is 0.350. The molecule has 1 aliphatic rings. The van der Waals surface area contributed by atoms with Crippen molar-refractivity contribution in [3.63, 3.8) is 0 Å². The van der Waals surface area contributed by atoms with Gasteiger partial charge in [-0.2, -0.15) is 0 Å². The Bertz CT molecular complexity index is 703. The first-order chi connectivity index (χ1) is 13.2. The Hall–Kier alpha value is -2.93. The van der Waals surface area contributed by atoms with E-state index in [1.807, 2.05) is 48.5 Å². The molecule has 2 aromatic rings. The number of oxime groups is 1. The van der Waals surface area contributed by atoms with Gasteiger partial charge in [0.1, 0.15) is 12.3 Å². The van der Waals surface area contributed by atoms with Gasteiger partial charge in [-0.25, -0.2) is 4.79 Å². The molecule has 0 unspecified atom stereocenters. The minimum Gasteiger partial charge on any atom is -0.465 e. The van der Waals surface area contributed by atoms with Gasteiger partial charge in [-0.15, -0.1) is 0 Å². The van der Waals surface area contributed by atoms with Crippen molar-refractivity contribution in [2.75, 3.05) is 26.3 Å². The molecule has 2 heterocycles. The van der Waals surface area contributed by atoms with E-state index in [1.54, 1.807) is 6.20 Å². The lowest BCUT2D eigenvalue weighted by molar-refractivity contribution is -0.0192. The van der Waals surface area contributed by atoms with Crippen LogP contribution >= 0.6 is 0 Å². The number of hydrogen-bond donors (Lipinski definition) is 1. The maximum Gasteiger partial charge on any atom is 0.407 e. The number of likely N-dealkylation sites (tertiary alicyclic amines) is 1. The molecule has 0 atom stereocenters. The maximum atomic E-state index is 10.9. The Balaban J connectivity index is 1.50. The molecule has 1 fully saturated rings. The number of carbonyl (C=O) groups is 1. The molecule has 0 spiro atoms. The van der Waals surface area contributed by atoms with Crippen LogP contribution in [-0.4, -0.2) is 59.2 Å². The number of benzene rings is 1. The molecule has 1 aliphatic heterocycles. The second-order valence-corrected chi connectivity index (χ2v) is 6.19. The molecule has 0 bridgehead atoms. The van der Waals surface area contributed by atoms with Crippen LogP contribution in [0.1, 0.15) is 24.1 Å². The molecular weight excluding hydrogens is 346 g/mol. The van der Waals surface area contributed by atoms with E-state index in [4.69, 9.17) is 14.7 Å². The summed E-state index contributed by atoms with van der Waals surface area (Å²) in [7, 11) is 0. The number of hydrogen-bond acceptors (Lipinski definition) is 5. The summed E-state index contributed by atoms with van der Waals surface area (Å²) < 4.78 is 5.77. The first kappa shape index (κ1) is 18.8. The standard InChI is InChI=1S/C20H23N3O4/c24-20(25)23-12-9-17(10-13-23)26-14-15-27-22-19(16-6-2-1-3-7-16)18-8-4-5-11-21-18/h1-8,11,17H,9-10,12-15H2,(H,24,25). The van der Waals surface area contributed by atoms with Crippen LogP contribution in [0.5, 0.6) is 0 Å². The fourth-order valence-electron chi connectivity index (χ4n) is 2.92. The van der Waals surface area contributed by atoms with E-state index in [0.29, 0.717) is 44.9 Å². The van der Waals surface area contributed by atoms with Gasteiger partial charge < -0.3 is 19.6 Å². The van der Waals surface area contributed by atoms with Crippen LogP contribution in [0.25, 0.3) is 0 Å². The highest BCUT2D eigenvalue weighted by atomic mass is 16.6. The Kier molecular flexibility index (Phi) is 6.76. The monoisotopic (exact) mass is 369 g/mol. The predicted molar refractivity (Wildman–Crippen MR) is 101 cm³/mol. The highest BCUT2D eigenvalue weighted by Crippen LogP contribution is 2.14. The smallest absolute Gasteiger partial charge is 0.407 e. The first-order valence-corrected chi connectivity index (χ1v) is 9.00. The number of amides is 1. The second kappa shape index (κ2) is 9.68. The van der Waals surface area contributed by atoms with E-state index in [0.717, 1.165) is 11.3 Å². The van der Waals surface area contributed by atoms with Crippen LogP contribution < -0.4 is 0 Å². The van der Waals surface area contributed by atoms with E-state index in [9.17, 15) is 4.79 Å². The van der Waals surface area contributed by atoms with Crippen molar-refractivity contribution in [3.8, 4) is 0 Å². The van der Waals surface area contributed by atoms with Gasteiger partial charge >= 0.3 is 6.09 Å². The summed E-state index contributed by atoms with van der Waals surface area (Å²) in [5.41, 5.74) is 2.34. The zero-order valence-electron chi connectivity index (χ0n) is 15.0. The van der Waals surface area contributed by atoms with Crippen molar-refractivity contribution in [3.05, 3.63) is 66.0 Å². The predicted octanol–water partition coefficient (Wildman–Crippen LogP) is 3.01. The van der Waals surface area contributed by atoms with E-state index in [2.05, 4.69) is 10.1 Å². The molecule has 0 saturated carbocycles. The van der Waals surface area contributed by atoms with Gasteiger partial charge in [0.2, 0.25) is 0 Å². The van der Waals surface area contributed by atoms with Crippen LogP contribution in [-0.2, 0) is 9.57 Å². The van der Waals surface area contributed by atoms with E-state index in [-0.39, 0.29) is 6.10 Å². The Morgan fingerprint density at radius 3 is 2.52 bits per heavy atom. The van der Waals surface area contributed by atoms with Crippen molar-refractivity contribution >= 4 is 11.8 Å². The largest absolute Gasteiger partial charge is 0.465 e. The van der Waals surface area contributed by atoms with Crippen LogP contribution in [0.2, 0.25) is 0 Å². The van der Waals surface area contributed by atoms with Crippen molar-refractivity contribution in [1.82, 2.24) is 9.88 Å². The van der Waals surface area contributed by atoms with Crippen LogP contribution in [0.4, 0.5) is 4.79 Å².